The van der Waals surface area contributed by atoms with Crippen LogP contribution in [0.25, 0.3) is 0 Å². The van der Waals surface area contributed by atoms with Crippen LogP contribution in [0, 0.1) is 11.6 Å². The average molecular weight is 342 g/mol. The zero-order valence-corrected chi connectivity index (χ0v) is 12.5. The van der Waals surface area contributed by atoms with Gasteiger partial charge in [-0.2, -0.15) is 0 Å². The van der Waals surface area contributed by atoms with Gasteiger partial charge in [-0.05, 0) is 25.1 Å². The molecule has 0 unspecified atom stereocenters. The fraction of sp³-hybridized carbons (Fsp3) is 0.200. The van der Waals surface area contributed by atoms with E-state index in [0.717, 1.165) is 5.56 Å². The van der Waals surface area contributed by atoms with E-state index in [1.54, 1.807) is 25.1 Å². The van der Waals surface area contributed by atoms with E-state index in [1.807, 2.05) is 0 Å². The molecule has 0 aliphatic carbocycles. The topological polar surface area (TPSA) is 35.2 Å². The summed E-state index contributed by atoms with van der Waals surface area (Å²) in [5, 5.41) is 0. The van der Waals surface area contributed by atoms with Crippen molar-refractivity contribution >= 4 is 15.9 Å². The van der Waals surface area contributed by atoms with Gasteiger partial charge in [0.05, 0.1) is 0 Å². The average Bonchev–Trinajstić information content (AvgIpc) is 2.37. The van der Waals surface area contributed by atoms with Gasteiger partial charge in [-0.3, -0.25) is 0 Å². The lowest BCUT2D eigenvalue weighted by atomic mass is 10.1. The van der Waals surface area contributed by atoms with E-state index in [1.165, 1.54) is 18.2 Å². The van der Waals surface area contributed by atoms with Crippen molar-refractivity contribution < 1.29 is 13.5 Å². The van der Waals surface area contributed by atoms with Gasteiger partial charge < -0.3 is 10.5 Å². The van der Waals surface area contributed by atoms with E-state index in [-0.39, 0.29) is 18.5 Å². The van der Waals surface area contributed by atoms with Crippen molar-refractivity contribution in [3.8, 4) is 5.75 Å². The minimum absolute atomic E-state index is 0.220. The maximum absolute atomic E-state index is 13.7. The summed E-state index contributed by atoms with van der Waals surface area (Å²) in [5.41, 5.74) is 6.87. The van der Waals surface area contributed by atoms with E-state index in [2.05, 4.69) is 15.9 Å². The van der Waals surface area contributed by atoms with Gasteiger partial charge in [0, 0.05) is 27.7 Å². The van der Waals surface area contributed by atoms with Gasteiger partial charge in [-0.15, -0.1) is 0 Å². The van der Waals surface area contributed by atoms with E-state index in [0.29, 0.717) is 15.8 Å². The number of benzene rings is 2. The number of nitrogens with two attached hydrogens (primary N) is 1. The Kier molecular flexibility index (Phi) is 4.73. The normalized spacial score (nSPS) is 12.2. The molecule has 5 heteroatoms. The first-order chi connectivity index (χ1) is 9.47. The van der Waals surface area contributed by atoms with Gasteiger partial charge in [-0.1, -0.05) is 28.1 Å². The lowest BCUT2D eigenvalue weighted by Gasteiger charge is -2.11. The van der Waals surface area contributed by atoms with Crippen LogP contribution < -0.4 is 10.5 Å². The Labute approximate surface area is 124 Å². The number of hydrogen-bond donors (Lipinski definition) is 1. The minimum atomic E-state index is -0.393. The van der Waals surface area contributed by atoms with Crippen molar-refractivity contribution in [1.82, 2.24) is 0 Å². The van der Waals surface area contributed by atoms with Gasteiger partial charge >= 0.3 is 0 Å². The highest BCUT2D eigenvalue weighted by Gasteiger charge is 2.09. The Morgan fingerprint density at radius 2 is 1.95 bits per heavy atom. The van der Waals surface area contributed by atoms with Crippen LogP contribution in [-0.4, -0.2) is 0 Å². The van der Waals surface area contributed by atoms with E-state index < -0.39 is 5.82 Å². The molecule has 0 aliphatic rings. The molecule has 2 rings (SSSR count). The van der Waals surface area contributed by atoms with Gasteiger partial charge in [0.15, 0.2) is 0 Å². The fourth-order valence-corrected chi connectivity index (χ4v) is 2.23. The Morgan fingerprint density at radius 1 is 1.20 bits per heavy atom. The van der Waals surface area contributed by atoms with E-state index in [9.17, 15) is 8.78 Å². The van der Waals surface area contributed by atoms with Crippen LogP contribution in [0.3, 0.4) is 0 Å². The van der Waals surface area contributed by atoms with Crippen LogP contribution in [-0.2, 0) is 6.61 Å². The van der Waals surface area contributed by atoms with Gasteiger partial charge in [-0.25, -0.2) is 8.78 Å². The molecule has 20 heavy (non-hydrogen) atoms. The Morgan fingerprint density at radius 3 is 2.55 bits per heavy atom. The van der Waals surface area contributed by atoms with Crippen molar-refractivity contribution in [2.45, 2.75) is 19.6 Å². The minimum Gasteiger partial charge on any atom is -0.489 e. The second-order valence-corrected chi connectivity index (χ2v) is 5.35. The molecular formula is C15H14BrF2NO. The molecule has 0 amide bonds. The molecule has 2 N–H and O–H groups in total. The molecule has 0 bridgehead atoms. The van der Waals surface area contributed by atoms with Crippen LogP contribution in [0.2, 0.25) is 0 Å². The van der Waals surface area contributed by atoms with Crippen LogP contribution in [0.1, 0.15) is 24.1 Å². The molecule has 2 aromatic carbocycles. The lowest BCUT2D eigenvalue weighted by Crippen LogP contribution is -2.07. The van der Waals surface area contributed by atoms with Crippen molar-refractivity contribution in [3.63, 3.8) is 0 Å². The SMILES string of the molecule is C[C@@H](N)c1ccc(OCc2ccc(F)cc2Br)cc1F. The van der Waals surface area contributed by atoms with Crippen molar-refractivity contribution in [2.24, 2.45) is 5.73 Å². The summed E-state index contributed by atoms with van der Waals surface area (Å²) in [4.78, 5) is 0. The van der Waals surface area contributed by atoms with Crippen LogP contribution in [0.4, 0.5) is 8.78 Å². The monoisotopic (exact) mass is 341 g/mol. The first-order valence-electron chi connectivity index (χ1n) is 6.09. The van der Waals surface area contributed by atoms with Crippen LogP contribution in [0.15, 0.2) is 40.9 Å². The largest absolute Gasteiger partial charge is 0.489 e. The van der Waals surface area contributed by atoms with E-state index in [4.69, 9.17) is 10.5 Å². The highest BCUT2D eigenvalue weighted by molar-refractivity contribution is 9.10. The lowest BCUT2D eigenvalue weighted by molar-refractivity contribution is 0.303. The van der Waals surface area contributed by atoms with Crippen molar-refractivity contribution in [3.05, 3.63) is 63.6 Å². The smallest absolute Gasteiger partial charge is 0.131 e. The molecule has 2 nitrogen and oxygen atoms in total. The standard InChI is InChI=1S/C15H14BrF2NO/c1-9(19)13-5-4-12(7-15(13)18)20-8-10-2-3-11(17)6-14(10)16/h2-7,9H,8,19H2,1H3/t9-/m1/s1. The summed E-state index contributed by atoms with van der Waals surface area (Å²) >= 11 is 3.26. The summed E-state index contributed by atoms with van der Waals surface area (Å²) in [6.07, 6.45) is 0. The molecule has 0 saturated carbocycles. The van der Waals surface area contributed by atoms with E-state index >= 15 is 0 Å². The van der Waals surface area contributed by atoms with Gasteiger partial charge in [0.1, 0.15) is 24.0 Å². The quantitative estimate of drug-likeness (QED) is 0.898. The molecule has 106 valence electrons. The number of hydrogen-bond acceptors (Lipinski definition) is 2. The summed E-state index contributed by atoms with van der Waals surface area (Å²) in [6.45, 7) is 1.94. The summed E-state index contributed by atoms with van der Waals surface area (Å²) in [5.74, 6) is -0.313. The van der Waals surface area contributed by atoms with Crippen LogP contribution >= 0.6 is 15.9 Å². The molecule has 0 heterocycles. The molecule has 0 aromatic heterocycles. The highest BCUT2D eigenvalue weighted by Crippen LogP contribution is 2.23. The Balaban J connectivity index is 2.09. The number of halogens is 3. The molecule has 1 atom stereocenters. The second-order valence-electron chi connectivity index (χ2n) is 4.50. The fourth-order valence-electron chi connectivity index (χ4n) is 1.77. The maximum Gasteiger partial charge on any atom is 0.131 e. The third kappa shape index (κ3) is 3.55. The maximum atomic E-state index is 13.7. The summed E-state index contributed by atoms with van der Waals surface area (Å²) in [7, 11) is 0. The summed E-state index contributed by atoms with van der Waals surface area (Å²) < 4.78 is 32.8. The zero-order chi connectivity index (χ0) is 14.7. The van der Waals surface area contributed by atoms with Gasteiger partial charge in [0.25, 0.3) is 0 Å². The Hall–Kier alpha value is -1.46. The molecule has 0 spiro atoms. The number of ether oxygens (including phenoxy) is 1. The van der Waals surface area contributed by atoms with Crippen LogP contribution in [0.5, 0.6) is 5.75 Å². The summed E-state index contributed by atoms with van der Waals surface area (Å²) in [6, 6.07) is 8.54. The predicted molar refractivity (Wildman–Crippen MR) is 77.4 cm³/mol. The van der Waals surface area contributed by atoms with Crippen molar-refractivity contribution in [1.29, 1.82) is 0 Å². The first kappa shape index (κ1) is 14.9. The second kappa shape index (κ2) is 6.33. The zero-order valence-electron chi connectivity index (χ0n) is 10.9. The third-order valence-corrected chi connectivity index (χ3v) is 3.61. The molecule has 2 aromatic rings. The molecule has 0 aliphatic heterocycles. The molecular weight excluding hydrogens is 328 g/mol. The van der Waals surface area contributed by atoms with Gasteiger partial charge in [0.2, 0.25) is 0 Å². The third-order valence-electron chi connectivity index (χ3n) is 2.87. The molecule has 0 radical (unpaired) electrons. The Bertz CT molecular complexity index is 617. The molecule has 0 saturated heterocycles. The first-order valence-corrected chi connectivity index (χ1v) is 6.88. The number of rotatable bonds is 4. The molecule has 0 fully saturated rings. The van der Waals surface area contributed by atoms with Crippen molar-refractivity contribution in [2.75, 3.05) is 0 Å². The highest BCUT2D eigenvalue weighted by atomic mass is 79.9. The predicted octanol–water partition coefficient (Wildman–Crippen LogP) is 4.33.